The van der Waals surface area contributed by atoms with E-state index in [0.29, 0.717) is 5.00 Å². The summed E-state index contributed by atoms with van der Waals surface area (Å²) < 4.78 is 4.72. The lowest BCUT2D eigenvalue weighted by Crippen LogP contribution is -2.41. The first-order valence-electron chi connectivity index (χ1n) is 7.26. The Bertz CT molecular complexity index is 717. The molecular formula is C16H15N3O4S. The maximum absolute atomic E-state index is 12.2. The Kier molecular flexibility index (Phi) is 4.76. The molecule has 1 fully saturated rings. The second-order valence-corrected chi connectivity index (χ2v) is 6.05. The van der Waals surface area contributed by atoms with Crippen LogP contribution in [0.4, 0.5) is 14.6 Å². The van der Waals surface area contributed by atoms with Crippen molar-refractivity contribution in [2.45, 2.75) is 6.04 Å². The van der Waals surface area contributed by atoms with E-state index in [4.69, 9.17) is 4.74 Å². The quantitative estimate of drug-likeness (QED) is 0.872. The van der Waals surface area contributed by atoms with Gasteiger partial charge in [0, 0.05) is 0 Å². The van der Waals surface area contributed by atoms with Crippen LogP contribution >= 0.6 is 11.3 Å². The number of urea groups is 1. The molecule has 0 radical (unpaired) electrons. The Balaban J connectivity index is 1.73. The van der Waals surface area contributed by atoms with Gasteiger partial charge in [0.25, 0.3) is 5.91 Å². The average molecular weight is 345 g/mol. The molecule has 0 bridgehead atoms. The second-order valence-electron chi connectivity index (χ2n) is 5.10. The molecule has 8 heteroatoms. The first-order valence-corrected chi connectivity index (χ1v) is 8.14. The number of cyclic esters (lactones) is 1. The molecule has 2 N–H and O–H groups in total. The minimum atomic E-state index is -0.693. The molecule has 7 nitrogen and oxygen atoms in total. The first kappa shape index (κ1) is 16.0. The third-order valence-electron chi connectivity index (χ3n) is 3.47. The molecule has 124 valence electrons. The van der Waals surface area contributed by atoms with E-state index in [9.17, 15) is 14.4 Å². The summed E-state index contributed by atoms with van der Waals surface area (Å²) in [6, 6.07) is 11.8. The average Bonchev–Trinajstić information content (AvgIpc) is 3.20. The molecule has 1 aliphatic heterocycles. The molecular weight excluding hydrogens is 330 g/mol. The van der Waals surface area contributed by atoms with E-state index in [-0.39, 0.29) is 13.2 Å². The molecule has 2 heterocycles. The maximum atomic E-state index is 12.2. The number of imide groups is 1. The molecule has 1 aromatic heterocycles. The number of anilines is 1. The number of nitrogens with zero attached hydrogens (tertiary/aromatic N) is 1. The number of amides is 4. The molecule has 0 saturated carbocycles. The van der Waals surface area contributed by atoms with Crippen LogP contribution < -0.4 is 10.6 Å². The molecule has 0 aliphatic carbocycles. The van der Waals surface area contributed by atoms with Gasteiger partial charge in [0.2, 0.25) is 0 Å². The molecule has 0 spiro atoms. The Hall–Kier alpha value is -2.87. The normalized spacial score (nSPS) is 15.1. The zero-order chi connectivity index (χ0) is 16.9. The van der Waals surface area contributed by atoms with Crippen LogP contribution in [0.2, 0.25) is 0 Å². The SMILES string of the molecule is O=C(Nc1cccs1)N[C@@H](CN1C(=O)COC1=O)c1ccccc1. The fourth-order valence-electron chi connectivity index (χ4n) is 2.32. The zero-order valence-electron chi connectivity index (χ0n) is 12.6. The van der Waals surface area contributed by atoms with E-state index in [2.05, 4.69) is 10.6 Å². The summed E-state index contributed by atoms with van der Waals surface area (Å²) in [7, 11) is 0. The highest BCUT2D eigenvalue weighted by molar-refractivity contribution is 7.14. The van der Waals surface area contributed by atoms with Crippen molar-refractivity contribution in [2.75, 3.05) is 18.5 Å². The Morgan fingerprint density at radius 1 is 1.21 bits per heavy atom. The summed E-state index contributed by atoms with van der Waals surface area (Å²) in [4.78, 5) is 36.6. The summed E-state index contributed by atoms with van der Waals surface area (Å²) in [6.45, 7) is -0.249. The van der Waals surface area contributed by atoms with Crippen LogP contribution in [0.5, 0.6) is 0 Å². The van der Waals surface area contributed by atoms with Crippen LogP contribution in [0.3, 0.4) is 0 Å². The van der Waals surface area contributed by atoms with E-state index in [1.807, 2.05) is 41.8 Å². The van der Waals surface area contributed by atoms with Crippen LogP contribution in [0, 0.1) is 0 Å². The third kappa shape index (κ3) is 3.72. The smallest absolute Gasteiger partial charge is 0.417 e. The van der Waals surface area contributed by atoms with Gasteiger partial charge in [-0.1, -0.05) is 30.3 Å². The van der Waals surface area contributed by atoms with Gasteiger partial charge < -0.3 is 10.1 Å². The third-order valence-corrected chi connectivity index (χ3v) is 4.26. The van der Waals surface area contributed by atoms with E-state index in [0.717, 1.165) is 10.5 Å². The highest BCUT2D eigenvalue weighted by atomic mass is 32.1. The number of hydrogen-bond donors (Lipinski definition) is 2. The topological polar surface area (TPSA) is 87.7 Å². The molecule has 1 atom stereocenters. The fourth-order valence-corrected chi connectivity index (χ4v) is 2.93. The number of rotatable bonds is 5. The van der Waals surface area contributed by atoms with Crippen molar-refractivity contribution in [1.82, 2.24) is 10.2 Å². The van der Waals surface area contributed by atoms with E-state index in [1.54, 1.807) is 6.07 Å². The number of thiophene rings is 1. The van der Waals surface area contributed by atoms with E-state index in [1.165, 1.54) is 11.3 Å². The Labute approximate surface area is 142 Å². The molecule has 1 saturated heterocycles. The minimum absolute atomic E-state index is 0.0134. The molecule has 0 unspecified atom stereocenters. The summed E-state index contributed by atoms with van der Waals surface area (Å²) in [5.74, 6) is -0.415. The van der Waals surface area contributed by atoms with E-state index >= 15 is 0 Å². The monoisotopic (exact) mass is 345 g/mol. The van der Waals surface area contributed by atoms with Gasteiger partial charge in [0.05, 0.1) is 17.6 Å². The highest BCUT2D eigenvalue weighted by Gasteiger charge is 2.33. The van der Waals surface area contributed by atoms with Crippen molar-refractivity contribution in [2.24, 2.45) is 0 Å². The van der Waals surface area contributed by atoms with Gasteiger partial charge in [-0.25, -0.2) is 14.5 Å². The number of carbonyl (C=O) groups excluding carboxylic acids is 3. The van der Waals surface area contributed by atoms with Crippen molar-refractivity contribution < 1.29 is 19.1 Å². The second kappa shape index (κ2) is 7.14. The van der Waals surface area contributed by atoms with Crippen LogP contribution in [0.15, 0.2) is 47.8 Å². The number of ether oxygens (including phenoxy) is 1. The van der Waals surface area contributed by atoms with Crippen molar-refractivity contribution in [3.63, 3.8) is 0 Å². The Morgan fingerprint density at radius 2 is 2.00 bits per heavy atom. The largest absolute Gasteiger partial charge is 0.439 e. The number of hydrogen-bond acceptors (Lipinski definition) is 5. The predicted octanol–water partition coefficient (Wildman–Crippen LogP) is 2.59. The highest BCUT2D eigenvalue weighted by Crippen LogP contribution is 2.19. The molecule has 1 aromatic carbocycles. The lowest BCUT2D eigenvalue weighted by molar-refractivity contribution is -0.126. The molecule has 2 aromatic rings. The molecule has 24 heavy (non-hydrogen) atoms. The fraction of sp³-hybridized carbons (Fsp3) is 0.188. The van der Waals surface area contributed by atoms with Gasteiger partial charge in [-0.05, 0) is 23.1 Å². The van der Waals surface area contributed by atoms with Gasteiger partial charge in [0.1, 0.15) is 0 Å². The number of nitrogens with one attached hydrogen (secondary N) is 2. The predicted molar refractivity (Wildman–Crippen MR) is 88.7 cm³/mol. The number of carbonyl (C=O) groups is 3. The summed E-state index contributed by atoms with van der Waals surface area (Å²) in [5.41, 5.74) is 0.784. The molecule has 4 amide bonds. The van der Waals surface area contributed by atoms with Gasteiger partial charge in [0.15, 0.2) is 6.61 Å². The van der Waals surface area contributed by atoms with E-state index < -0.39 is 24.1 Å². The van der Waals surface area contributed by atoms with Gasteiger partial charge in [-0.2, -0.15) is 0 Å². The first-order chi connectivity index (χ1) is 11.6. The van der Waals surface area contributed by atoms with Crippen LogP contribution in [-0.2, 0) is 9.53 Å². The van der Waals surface area contributed by atoms with Gasteiger partial charge in [-0.15, -0.1) is 11.3 Å². The minimum Gasteiger partial charge on any atom is -0.439 e. The van der Waals surface area contributed by atoms with Crippen molar-refractivity contribution >= 4 is 34.4 Å². The lowest BCUT2D eigenvalue weighted by Gasteiger charge is -2.22. The Morgan fingerprint density at radius 3 is 2.62 bits per heavy atom. The van der Waals surface area contributed by atoms with Crippen molar-refractivity contribution in [3.05, 3.63) is 53.4 Å². The summed E-state index contributed by atoms with van der Waals surface area (Å²) in [6.07, 6.45) is -0.693. The van der Waals surface area contributed by atoms with Gasteiger partial charge >= 0.3 is 12.1 Å². The zero-order valence-corrected chi connectivity index (χ0v) is 13.4. The lowest BCUT2D eigenvalue weighted by atomic mass is 10.1. The van der Waals surface area contributed by atoms with Crippen LogP contribution in [-0.4, -0.2) is 36.1 Å². The standard InChI is InChI=1S/C16H15N3O4S/c20-14-10-23-16(22)19(14)9-12(11-5-2-1-3-6-11)17-15(21)18-13-7-4-8-24-13/h1-8,12H,9-10H2,(H2,17,18,21)/t12-/m0/s1. The van der Waals surface area contributed by atoms with Gasteiger partial charge in [-0.3, -0.25) is 10.1 Å². The van der Waals surface area contributed by atoms with Crippen LogP contribution in [0.1, 0.15) is 11.6 Å². The van der Waals surface area contributed by atoms with Crippen LogP contribution in [0.25, 0.3) is 0 Å². The summed E-state index contributed by atoms with van der Waals surface area (Å²) in [5, 5.41) is 8.07. The summed E-state index contributed by atoms with van der Waals surface area (Å²) >= 11 is 1.40. The van der Waals surface area contributed by atoms with Crippen molar-refractivity contribution in [3.8, 4) is 0 Å². The van der Waals surface area contributed by atoms with Crippen molar-refractivity contribution in [1.29, 1.82) is 0 Å². The molecule has 1 aliphatic rings. The number of benzene rings is 1. The maximum Gasteiger partial charge on any atom is 0.417 e. The molecule has 3 rings (SSSR count).